The predicted molar refractivity (Wildman–Crippen MR) is 56.7 cm³/mol. The van der Waals surface area contributed by atoms with Gasteiger partial charge in [-0.2, -0.15) is 0 Å². The zero-order chi connectivity index (χ0) is 10.7. The predicted octanol–water partition coefficient (Wildman–Crippen LogP) is 2.32. The molecule has 1 heterocycles. The maximum Gasteiger partial charge on any atom is 0.155 e. The number of hydrogen-bond donors (Lipinski definition) is 0. The molecule has 1 aromatic carbocycles. The fraction of sp³-hybridized carbons (Fsp3) is 0.364. The van der Waals surface area contributed by atoms with E-state index in [1.807, 2.05) is 0 Å². The fourth-order valence-electron chi connectivity index (χ4n) is 1.52. The first-order valence-corrected chi connectivity index (χ1v) is 5.17. The van der Waals surface area contributed by atoms with Crippen LogP contribution in [0, 0.1) is 0 Å². The van der Waals surface area contributed by atoms with Gasteiger partial charge in [0, 0.05) is 6.42 Å². The monoisotopic (exact) mass is 226 g/mol. The summed E-state index contributed by atoms with van der Waals surface area (Å²) in [5, 5.41) is 0.418. The van der Waals surface area contributed by atoms with Gasteiger partial charge in [-0.3, -0.25) is 4.79 Å². The Bertz CT molecular complexity index is 359. The quantitative estimate of drug-likeness (QED) is 0.742. The molecular formula is C11H11ClO3. The lowest BCUT2D eigenvalue weighted by Crippen LogP contribution is -2.16. The Balaban J connectivity index is 2.19. The van der Waals surface area contributed by atoms with Gasteiger partial charge in [0.05, 0.1) is 23.8 Å². The van der Waals surface area contributed by atoms with E-state index in [4.69, 9.17) is 21.1 Å². The third kappa shape index (κ3) is 2.30. The van der Waals surface area contributed by atoms with Gasteiger partial charge >= 0.3 is 0 Å². The van der Waals surface area contributed by atoms with Crippen molar-refractivity contribution in [1.29, 1.82) is 0 Å². The molecule has 1 atom stereocenters. The molecule has 0 aliphatic carbocycles. The van der Waals surface area contributed by atoms with Crippen LogP contribution in [0.25, 0.3) is 0 Å². The van der Waals surface area contributed by atoms with E-state index in [0.29, 0.717) is 35.8 Å². The third-order valence-electron chi connectivity index (χ3n) is 2.31. The summed E-state index contributed by atoms with van der Waals surface area (Å²) in [6.07, 6.45) is 1.60. The Morgan fingerprint density at radius 2 is 2.40 bits per heavy atom. The van der Waals surface area contributed by atoms with Gasteiger partial charge in [0.1, 0.15) is 11.9 Å². The number of ether oxygens (including phenoxy) is 2. The number of carbonyl (C=O) groups excluding carboxylic acids is 1. The number of aldehydes is 1. The van der Waals surface area contributed by atoms with Crippen molar-refractivity contribution in [3.63, 3.8) is 0 Å². The largest absolute Gasteiger partial charge is 0.487 e. The average molecular weight is 227 g/mol. The molecule has 3 nitrogen and oxygen atoms in total. The van der Waals surface area contributed by atoms with Crippen LogP contribution in [-0.4, -0.2) is 25.6 Å². The summed E-state index contributed by atoms with van der Waals surface area (Å²) in [6.45, 7) is 1.28. The number of carbonyl (C=O) groups is 1. The average Bonchev–Trinajstić information content (AvgIpc) is 2.71. The van der Waals surface area contributed by atoms with Crippen LogP contribution in [0.5, 0.6) is 5.75 Å². The highest BCUT2D eigenvalue weighted by atomic mass is 35.5. The van der Waals surface area contributed by atoms with Crippen LogP contribution >= 0.6 is 11.6 Å². The highest BCUT2D eigenvalue weighted by Gasteiger charge is 2.19. The summed E-state index contributed by atoms with van der Waals surface area (Å²) in [7, 11) is 0. The van der Waals surface area contributed by atoms with Crippen molar-refractivity contribution in [3.05, 3.63) is 28.8 Å². The van der Waals surface area contributed by atoms with E-state index in [9.17, 15) is 4.79 Å². The molecular weight excluding hydrogens is 216 g/mol. The van der Waals surface area contributed by atoms with Crippen molar-refractivity contribution in [2.75, 3.05) is 13.2 Å². The highest BCUT2D eigenvalue weighted by molar-refractivity contribution is 6.33. The van der Waals surface area contributed by atoms with Crippen LogP contribution in [0.4, 0.5) is 0 Å². The van der Waals surface area contributed by atoms with Crippen molar-refractivity contribution in [2.45, 2.75) is 12.5 Å². The van der Waals surface area contributed by atoms with Crippen LogP contribution < -0.4 is 4.74 Å². The van der Waals surface area contributed by atoms with Crippen molar-refractivity contribution >= 4 is 17.9 Å². The lowest BCUT2D eigenvalue weighted by molar-refractivity contribution is 0.111. The van der Waals surface area contributed by atoms with Gasteiger partial charge in [-0.1, -0.05) is 17.7 Å². The number of rotatable bonds is 3. The van der Waals surface area contributed by atoms with Crippen molar-refractivity contribution in [2.24, 2.45) is 0 Å². The third-order valence-corrected chi connectivity index (χ3v) is 2.64. The minimum atomic E-state index is 0.0298. The number of hydrogen-bond acceptors (Lipinski definition) is 3. The maximum atomic E-state index is 10.8. The summed E-state index contributed by atoms with van der Waals surface area (Å²) in [5.41, 5.74) is 0.408. The smallest absolute Gasteiger partial charge is 0.155 e. The molecule has 1 saturated heterocycles. The SMILES string of the molecule is O=Cc1c(Cl)cccc1OC1CCOC1. The molecule has 0 amide bonds. The zero-order valence-corrected chi connectivity index (χ0v) is 8.87. The first kappa shape index (κ1) is 10.5. The van der Waals surface area contributed by atoms with Crippen molar-refractivity contribution < 1.29 is 14.3 Å². The molecule has 0 saturated carbocycles. The first-order chi connectivity index (χ1) is 7.31. The topological polar surface area (TPSA) is 35.5 Å². The molecule has 80 valence electrons. The molecule has 0 aromatic heterocycles. The Morgan fingerprint density at radius 3 is 3.07 bits per heavy atom. The molecule has 1 aliphatic heterocycles. The Hall–Kier alpha value is -1.06. The highest BCUT2D eigenvalue weighted by Crippen LogP contribution is 2.26. The van der Waals surface area contributed by atoms with Crippen LogP contribution in [0.2, 0.25) is 5.02 Å². The second-order valence-corrected chi connectivity index (χ2v) is 3.78. The summed E-state index contributed by atoms with van der Waals surface area (Å²) in [4.78, 5) is 10.8. The Morgan fingerprint density at radius 1 is 1.53 bits per heavy atom. The second-order valence-electron chi connectivity index (χ2n) is 3.37. The normalized spacial score (nSPS) is 20.2. The van der Waals surface area contributed by atoms with Crippen LogP contribution in [0.15, 0.2) is 18.2 Å². The molecule has 2 rings (SSSR count). The van der Waals surface area contributed by atoms with Crippen LogP contribution in [0.3, 0.4) is 0 Å². The van der Waals surface area contributed by atoms with E-state index in [2.05, 4.69) is 0 Å². The standard InChI is InChI=1S/C11H11ClO3/c12-10-2-1-3-11(9(10)6-13)15-8-4-5-14-7-8/h1-3,6,8H,4-5,7H2. The molecule has 0 bridgehead atoms. The molecule has 0 spiro atoms. The first-order valence-electron chi connectivity index (χ1n) is 4.79. The number of halogens is 1. The summed E-state index contributed by atoms with van der Waals surface area (Å²) < 4.78 is 10.8. The lowest BCUT2D eigenvalue weighted by Gasteiger charge is -2.13. The summed E-state index contributed by atoms with van der Waals surface area (Å²) in [5.74, 6) is 0.535. The van der Waals surface area contributed by atoms with Gasteiger partial charge in [-0.05, 0) is 12.1 Å². The molecule has 1 aromatic rings. The molecule has 1 aliphatic rings. The van der Waals surface area contributed by atoms with E-state index in [1.165, 1.54) is 0 Å². The zero-order valence-electron chi connectivity index (χ0n) is 8.11. The molecule has 15 heavy (non-hydrogen) atoms. The fourth-order valence-corrected chi connectivity index (χ4v) is 1.73. The summed E-state index contributed by atoms with van der Waals surface area (Å²) >= 11 is 5.87. The molecule has 0 N–H and O–H groups in total. The molecule has 1 fully saturated rings. The molecule has 0 radical (unpaired) electrons. The second kappa shape index (κ2) is 4.64. The maximum absolute atomic E-state index is 10.8. The summed E-state index contributed by atoms with van der Waals surface area (Å²) in [6, 6.07) is 5.18. The van der Waals surface area contributed by atoms with Gasteiger partial charge in [0.2, 0.25) is 0 Å². The van der Waals surface area contributed by atoms with Gasteiger partial charge in [0.25, 0.3) is 0 Å². The van der Waals surface area contributed by atoms with Crippen molar-refractivity contribution in [3.8, 4) is 5.75 Å². The van der Waals surface area contributed by atoms with E-state index in [1.54, 1.807) is 18.2 Å². The molecule has 4 heteroatoms. The Kier molecular flexibility index (Phi) is 3.23. The van der Waals surface area contributed by atoms with E-state index in [-0.39, 0.29) is 6.10 Å². The van der Waals surface area contributed by atoms with Crippen LogP contribution in [-0.2, 0) is 4.74 Å². The van der Waals surface area contributed by atoms with E-state index in [0.717, 1.165) is 6.42 Å². The minimum Gasteiger partial charge on any atom is -0.487 e. The van der Waals surface area contributed by atoms with Crippen molar-refractivity contribution in [1.82, 2.24) is 0 Å². The van der Waals surface area contributed by atoms with Gasteiger partial charge in [0.15, 0.2) is 6.29 Å². The Labute approximate surface area is 92.9 Å². The number of benzene rings is 1. The van der Waals surface area contributed by atoms with E-state index >= 15 is 0 Å². The lowest BCUT2D eigenvalue weighted by atomic mass is 10.2. The van der Waals surface area contributed by atoms with Gasteiger partial charge in [-0.15, -0.1) is 0 Å². The van der Waals surface area contributed by atoms with Gasteiger partial charge < -0.3 is 9.47 Å². The minimum absolute atomic E-state index is 0.0298. The van der Waals surface area contributed by atoms with Crippen LogP contribution in [0.1, 0.15) is 16.8 Å². The molecule has 1 unspecified atom stereocenters. The van der Waals surface area contributed by atoms with Gasteiger partial charge in [-0.25, -0.2) is 0 Å². The van der Waals surface area contributed by atoms with E-state index < -0.39 is 0 Å².